The lowest BCUT2D eigenvalue weighted by Crippen LogP contribution is -2.37. The zero-order chi connectivity index (χ0) is 13.7. The summed E-state index contributed by atoms with van der Waals surface area (Å²) in [5.41, 5.74) is 0. The van der Waals surface area contributed by atoms with Crippen LogP contribution in [0, 0.1) is 0 Å². The predicted octanol–water partition coefficient (Wildman–Crippen LogP) is 4.63. The first-order valence-corrected chi connectivity index (χ1v) is 9.48. The minimum atomic E-state index is 0.698. The fraction of sp³-hybridized carbons (Fsp3) is 0.714. The summed E-state index contributed by atoms with van der Waals surface area (Å²) in [6.45, 7) is 6.94. The first kappa shape index (κ1) is 16.0. The summed E-state index contributed by atoms with van der Waals surface area (Å²) in [4.78, 5) is 4.05. The third kappa shape index (κ3) is 5.12. The first-order valence-electron chi connectivity index (χ1n) is 7.08. The molecule has 0 spiro atoms. The Labute approximate surface area is 137 Å². The van der Waals surface area contributed by atoms with Crippen molar-refractivity contribution < 1.29 is 0 Å². The molecule has 0 aliphatic carbocycles. The van der Waals surface area contributed by atoms with Gasteiger partial charge in [-0.25, -0.2) is 0 Å². The topological polar surface area (TPSA) is 15.3 Å². The van der Waals surface area contributed by atoms with Crippen LogP contribution in [0.5, 0.6) is 0 Å². The van der Waals surface area contributed by atoms with Crippen molar-refractivity contribution in [3.05, 3.63) is 19.2 Å². The molecule has 1 atom stereocenters. The highest BCUT2D eigenvalue weighted by Crippen LogP contribution is 2.33. The van der Waals surface area contributed by atoms with Crippen LogP contribution in [0.1, 0.15) is 37.5 Å². The van der Waals surface area contributed by atoms with Gasteiger partial charge in [0.05, 0.1) is 3.79 Å². The molecule has 1 aliphatic heterocycles. The summed E-state index contributed by atoms with van der Waals surface area (Å²) in [5, 5.41) is 3.61. The van der Waals surface area contributed by atoms with Crippen LogP contribution < -0.4 is 5.32 Å². The molecule has 0 bridgehead atoms. The van der Waals surface area contributed by atoms with E-state index in [4.69, 9.17) is 0 Å². The number of nitrogens with zero attached hydrogens (tertiary/aromatic N) is 1. The molecule has 1 saturated heterocycles. The largest absolute Gasteiger partial charge is 0.313 e. The van der Waals surface area contributed by atoms with Crippen LogP contribution >= 0.6 is 43.2 Å². The van der Waals surface area contributed by atoms with Gasteiger partial charge in [-0.05, 0) is 70.3 Å². The van der Waals surface area contributed by atoms with Gasteiger partial charge < -0.3 is 5.32 Å². The molecule has 1 aliphatic rings. The van der Waals surface area contributed by atoms with Gasteiger partial charge in [0.15, 0.2) is 0 Å². The van der Waals surface area contributed by atoms with Crippen LogP contribution in [0.4, 0.5) is 0 Å². The summed E-state index contributed by atoms with van der Waals surface area (Å²) in [6.07, 6.45) is 5.23. The second-order valence-corrected chi connectivity index (χ2v) is 8.53. The van der Waals surface area contributed by atoms with Gasteiger partial charge in [-0.2, -0.15) is 0 Å². The average Bonchev–Trinajstić information content (AvgIpc) is 2.98. The van der Waals surface area contributed by atoms with Crippen LogP contribution in [0.3, 0.4) is 0 Å². The molecule has 2 nitrogen and oxygen atoms in total. The van der Waals surface area contributed by atoms with Crippen molar-refractivity contribution in [2.45, 2.75) is 45.2 Å². The summed E-state index contributed by atoms with van der Waals surface area (Å²) in [5.74, 6) is 0. The van der Waals surface area contributed by atoms with Gasteiger partial charge in [-0.3, -0.25) is 4.90 Å². The van der Waals surface area contributed by atoms with Crippen LogP contribution in [0.25, 0.3) is 0 Å². The SMILES string of the molecule is CCCCN(Cc1cc(Br)c(Br)s1)CC1CCCN1. The fourth-order valence-electron chi connectivity index (χ4n) is 2.53. The molecule has 19 heavy (non-hydrogen) atoms. The summed E-state index contributed by atoms with van der Waals surface area (Å²) < 4.78 is 2.39. The lowest BCUT2D eigenvalue weighted by atomic mass is 10.2. The Balaban J connectivity index is 1.91. The molecule has 0 radical (unpaired) electrons. The highest BCUT2D eigenvalue weighted by atomic mass is 79.9. The Morgan fingerprint density at radius 3 is 2.89 bits per heavy atom. The Hall–Kier alpha value is 0.580. The molecule has 1 fully saturated rings. The predicted molar refractivity (Wildman–Crippen MR) is 90.9 cm³/mol. The maximum absolute atomic E-state index is 3.61. The van der Waals surface area contributed by atoms with Crippen LogP contribution in [-0.4, -0.2) is 30.6 Å². The second-order valence-electron chi connectivity index (χ2n) is 5.22. The summed E-state index contributed by atoms with van der Waals surface area (Å²) >= 11 is 9.01. The lowest BCUT2D eigenvalue weighted by molar-refractivity contribution is 0.239. The number of thiophene rings is 1. The van der Waals surface area contributed by atoms with Gasteiger partial charge in [0.25, 0.3) is 0 Å². The van der Waals surface area contributed by atoms with Crippen LogP contribution in [0.2, 0.25) is 0 Å². The monoisotopic (exact) mass is 408 g/mol. The van der Waals surface area contributed by atoms with Crippen molar-refractivity contribution >= 4 is 43.2 Å². The first-order chi connectivity index (χ1) is 9.19. The number of halogens is 2. The van der Waals surface area contributed by atoms with Gasteiger partial charge in [-0.15, -0.1) is 11.3 Å². The van der Waals surface area contributed by atoms with E-state index in [1.165, 1.54) is 58.5 Å². The van der Waals surface area contributed by atoms with Gasteiger partial charge in [0.2, 0.25) is 0 Å². The highest BCUT2D eigenvalue weighted by molar-refractivity contribution is 9.13. The van der Waals surface area contributed by atoms with Crippen molar-refractivity contribution in [2.24, 2.45) is 0 Å². The molecule has 1 aromatic rings. The maximum atomic E-state index is 3.61. The molecule has 5 heteroatoms. The molecule has 2 rings (SSSR count). The third-order valence-electron chi connectivity index (χ3n) is 3.54. The zero-order valence-corrected chi connectivity index (χ0v) is 15.4. The van der Waals surface area contributed by atoms with E-state index in [9.17, 15) is 0 Å². The molecule has 2 heterocycles. The molecule has 1 aromatic heterocycles. The minimum Gasteiger partial charge on any atom is -0.313 e. The summed E-state index contributed by atoms with van der Waals surface area (Å²) in [7, 11) is 0. The van der Waals surface area contributed by atoms with E-state index in [1.807, 2.05) is 11.3 Å². The van der Waals surface area contributed by atoms with Crippen molar-refractivity contribution in [1.82, 2.24) is 10.2 Å². The summed E-state index contributed by atoms with van der Waals surface area (Å²) in [6, 6.07) is 2.94. The second kappa shape index (κ2) is 8.13. The Morgan fingerprint density at radius 1 is 1.47 bits per heavy atom. The van der Waals surface area contributed by atoms with Gasteiger partial charge in [-0.1, -0.05) is 13.3 Å². The van der Waals surface area contributed by atoms with Crippen LogP contribution in [-0.2, 0) is 6.54 Å². The van der Waals surface area contributed by atoms with E-state index in [0.29, 0.717) is 6.04 Å². The lowest BCUT2D eigenvalue weighted by Gasteiger charge is -2.25. The molecule has 0 aromatic carbocycles. The normalized spacial score (nSPS) is 19.5. The van der Waals surface area contributed by atoms with E-state index in [1.54, 1.807) is 0 Å². The molecule has 1 unspecified atom stereocenters. The molecule has 108 valence electrons. The number of hydrogen-bond acceptors (Lipinski definition) is 3. The van der Waals surface area contributed by atoms with E-state index in [0.717, 1.165) is 6.54 Å². The molecular weight excluding hydrogens is 388 g/mol. The van der Waals surface area contributed by atoms with Crippen molar-refractivity contribution in [3.8, 4) is 0 Å². The smallest absolute Gasteiger partial charge is 0.0843 e. The van der Waals surface area contributed by atoms with E-state index in [2.05, 4.69) is 55.1 Å². The van der Waals surface area contributed by atoms with Gasteiger partial charge >= 0.3 is 0 Å². The van der Waals surface area contributed by atoms with E-state index >= 15 is 0 Å². The number of nitrogens with one attached hydrogen (secondary N) is 1. The number of unbranched alkanes of at least 4 members (excludes halogenated alkanes) is 1. The van der Waals surface area contributed by atoms with E-state index in [-0.39, 0.29) is 0 Å². The number of hydrogen-bond donors (Lipinski definition) is 1. The molecular formula is C14H22Br2N2S. The van der Waals surface area contributed by atoms with Crippen molar-refractivity contribution in [1.29, 1.82) is 0 Å². The minimum absolute atomic E-state index is 0.698. The third-order valence-corrected chi connectivity index (χ3v) is 6.79. The standard InChI is InChI=1S/C14H22Br2N2S/c1-2-3-7-18(9-11-5-4-6-17-11)10-12-8-13(15)14(16)19-12/h8,11,17H,2-7,9-10H2,1H3. The average molecular weight is 410 g/mol. The quantitative estimate of drug-likeness (QED) is 0.706. The van der Waals surface area contributed by atoms with E-state index < -0.39 is 0 Å². The Kier molecular flexibility index (Phi) is 6.83. The molecule has 1 N–H and O–H groups in total. The zero-order valence-electron chi connectivity index (χ0n) is 11.4. The van der Waals surface area contributed by atoms with Gasteiger partial charge in [0, 0.05) is 28.5 Å². The van der Waals surface area contributed by atoms with Crippen molar-refractivity contribution in [3.63, 3.8) is 0 Å². The molecule has 0 saturated carbocycles. The molecule has 0 amide bonds. The van der Waals surface area contributed by atoms with Crippen LogP contribution in [0.15, 0.2) is 14.3 Å². The maximum Gasteiger partial charge on any atom is 0.0843 e. The number of rotatable bonds is 7. The Bertz CT molecular complexity index is 369. The van der Waals surface area contributed by atoms with Gasteiger partial charge in [0.1, 0.15) is 0 Å². The highest BCUT2D eigenvalue weighted by Gasteiger charge is 2.18. The van der Waals surface area contributed by atoms with Crippen molar-refractivity contribution in [2.75, 3.05) is 19.6 Å². The Morgan fingerprint density at radius 2 is 2.32 bits per heavy atom. The fourth-order valence-corrected chi connectivity index (χ4v) is 4.75.